The predicted molar refractivity (Wildman–Crippen MR) is 51.8 cm³/mol. The maximum absolute atomic E-state index is 5.77. The minimum absolute atomic E-state index is 0.0174. The Morgan fingerprint density at radius 2 is 2.14 bits per heavy atom. The zero-order valence-electron chi connectivity index (χ0n) is 8.82. The van der Waals surface area contributed by atoms with Gasteiger partial charge in [0.05, 0.1) is 12.4 Å². The summed E-state index contributed by atoms with van der Waals surface area (Å²) in [4.78, 5) is 0. The van der Waals surface area contributed by atoms with E-state index in [-0.39, 0.29) is 12.2 Å². The van der Waals surface area contributed by atoms with Gasteiger partial charge in [-0.25, -0.2) is 0 Å². The van der Waals surface area contributed by atoms with E-state index in [1.165, 1.54) is 0 Å². The average molecular weight is 196 g/mol. The zero-order valence-corrected chi connectivity index (χ0v) is 8.82. The summed E-state index contributed by atoms with van der Waals surface area (Å²) in [5, 5.41) is 0. The molecule has 1 aromatic heterocycles. The van der Waals surface area contributed by atoms with Crippen molar-refractivity contribution in [3.05, 3.63) is 24.2 Å². The van der Waals surface area contributed by atoms with Gasteiger partial charge in [0.25, 0.3) is 0 Å². The molecule has 78 valence electrons. The molecule has 0 bridgehead atoms. The van der Waals surface area contributed by atoms with E-state index < -0.39 is 5.79 Å². The standard InChI is InChI=1S/C11H16O3/c1-8-7-10(9-5-4-6-12-9)14-11(2,3)13-8/h4-6,8,10H,7H2,1-3H3/t8-,10+/m0/s1. The molecule has 0 amide bonds. The summed E-state index contributed by atoms with van der Waals surface area (Å²) >= 11 is 0. The van der Waals surface area contributed by atoms with Crippen LogP contribution in [0.4, 0.5) is 0 Å². The minimum atomic E-state index is -0.519. The van der Waals surface area contributed by atoms with E-state index in [1.807, 2.05) is 26.0 Å². The lowest BCUT2D eigenvalue weighted by molar-refractivity contribution is -0.301. The summed E-state index contributed by atoms with van der Waals surface area (Å²) in [6.45, 7) is 5.91. The van der Waals surface area contributed by atoms with Gasteiger partial charge in [-0.2, -0.15) is 0 Å². The number of ether oxygens (including phenoxy) is 2. The maximum Gasteiger partial charge on any atom is 0.164 e. The first kappa shape index (κ1) is 9.74. The fourth-order valence-corrected chi connectivity index (χ4v) is 1.90. The van der Waals surface area contributed by atoms with E-state index >= 15 is 0 Å². The van der Waals surface area contributed by atoms with Gasteiger partial charge in [0.2, 0.25) is 0 Å². The molecule has 1 aromatic rings. The average Bonchev–Trinajstić information content (AvgIpc) is 2.51. The Kier molecular flexibility index (Phi) is 2.37. The highest BCUT2D eigenvalue weighted by molar-refractivity contribution is 5.03. The number of furan rings is 1. The molecule has 3 nitrogen and oxygen atoms in total. The number of hydrogen-bond acceptors (Lipinski definition) is 3. The van der Waals surface area contributed by atoms with Crippen molar-refractivity contribution in [2.75, 3.05) is 0 Å². The van der Waals surface area contributed by atoms with Crippen LogP contribution in [-0.4, -0.2) is 11.9 Å². The molecule has 0 radical (unpaired) electrons. The van der Waals surface area contributed by atoms with Crippen molar-refractivity contribution in [1.29, 1.82) is 0 Å². The first-order valence-corrected chi connectivity index (χ1v) is 4.96. The minimum Gasteiger partial charge on any atom is -0.467 e. The second kappa shape index (κ2) is 3.41. The summed E-state index contributed by atoms with van der Waals surface area (Å²) in [6, 6.07) is 3.82. The Hall–Kier alpha value is -0.800. The number of hydrogen-bond donors (Lipinski definition) is 0. The smallest absolute Gasteiger partial charge is 0.164 e. The van der Waals surface area contributed by atoms with Crippen LogP contribution in [0.3, 0.4) is 0 Å². The van der Waals surface area contributed by atoms with Crippen molar-refractivity contribution in [3.63, 3.8) is 0 Å². The summed E-state index contributed by atoms with van der Waals surface area (Å²) in [5.74, 6) is 0.364. The molecular formula is C11H16O3. The molecule has 14 heavy (non-hydrogen) atoms. The van der Waals surface area contributed by atoms with Crippen molar-refractivity contribution in [2.45, 2.75) is 45.2 Å². The van der Waals surface area contributed by atoms with Crippen molar-refractivity contribution in [3.8, 4) is 0 Å². The summed E-state index contributed by atoms with van der Waals surface area (Å²) in [6.07, 6.45) is 2.74. The van der Waals surface area contributed by atoms with Gasteiger partial charge in [0.1, 0.15) is 11.9 Å². The van der Waals surface area contributed by atoms with Crippen LogP contribution in [0.15, 0.2) is 22.8 Å². The van der Waals surface area contributed by atoms with Gasteiger partial charge in [-0.15, -0.1) is 0 Å². The Balaban J connectivity index is 2.14. The molecule has 1 fully saturated rings. The summed E-state index contributed by atoms with van der Waals surface area (Å²) in [5.41, 5.74) is 0. The monoisotopic (exact) mass is 196 g/mol. The fraction of sp³-hybridized carbons (Fsp3) is 0.636. The van der Waals surface area contributed by atoms with Crippen LogP contribution in [0.25, 0.3) is 0 Å². The molecule has 0 unspecified atom stereocenters. The van der Waals surface area contributed by atoms with Crippen molar-refractivity contribution < 1.29 is 13.9 Å². The predicted octanol–water partition coefficient (Wildman–Crippen LogP) is 2.88. The van der Waals surface area contributed by atoms with Crippen LogP contribution < -0.4 is 0 Å². The van der Waals surface area contributed by atoms with E-state index in [0.29, 0.717) is 0 Å². The van der Waals surface area contributed by atoms with Crippen LogP contribution in [0, 0.1) is 0 Å². The molecule has 0 aliphatic carbocycles. The molecule has 0 N–H and O–H groups in total. The van der Waals surface area contributed by atoms with Gasteiger partial charge in [0, 0.05) is 6.42 Å². The SMILES string of the molecule is C[C@H]1C[C@H](c2ccco2)OC(C)(C)O1. The molecule has 2 atom stereocenters. The second-order valence-electron chi connectivity index (χ2n) is 4.19. The lowest BCUT2D eigenvalue weighted by Crippen LogP contribution is -2.39. The fourth-order valence-electron chi connectivity index (χ4n) is 1.90. The largest absolute Gasteiger partial charge is 0.467 e. The normalized spacial score (nSPS) is 31.6. The lowest BCUT2D eigenvalue weighted by atomic mass is 10.1. The third-order valence-electron chi connectivity index (χ3n) is 2.32. The zero-order chi connectivity index (χ0) is 10.2. The van der Waals surface area contributed by atoms with E-state index in [0.717, 1.165) is 12.2 Å². The van der Waals surface area contributed by atoms with Crippen LogP contribution in [0.1, 0.15) is 39.1 Å². The van der Waals surface area contributed by atoms with E-state index in [4.69, 9.17) is 13.9 Å². The van der Waals surface area contributed by atoms with Gasteiger partial charge in [0.15, 0.2) is 5.79 Å². The second-order valence-corrected chi connectivity index (χ2v) is 4.19. The third kappa shape index (κ3) is 1.99. The molecule has 0 saturated carbocycles. The van der Waals surface area contributed by atoms with Crippen molar-refractivity contribution in [1.82, 2.24) is 0 Å². The van der Waals surface area contributed by atoms with Crippen molar-refractivity contribution >= 4 is 0 Å². The molecule has 0 spiro atoms. The van der Waals surface area contributed by atoms with Crippen molar-refractivity contribution in [2.24, 2.45) is 0 Å². The van der Waals surface area contributed by atoms with Gasteiger partial charge >= 0.3 is 0 Å². The van der Waals surface area contributed by atoms with Crippen LogP contribution in [0.5, 0.6) is 0 Å². The number of rotatable bonds is 1. The van der Waals surface area contributed by atoms with Gasteiger partial charge < -0.3 is 13.9 Å². The van der Waals surface area contributed by atoms with E-state index in [2.05, 4.69) is 6.92 Å². The van der Waals surface area contributed by atoms with Crippen LogP contribution in [0.2, 0.25) is 0 Å². The lowest BCUT2D eigenvalue weighted by Gasteiger charge is -2.38. The first-order chi connectivity index (χ1) is 6.57. The first-order valence-electron chi connectivity index (χ1n) is 4.96. The summed E-state index contributed by atoms with van der Waals surface area (Å²) in [7, 11) is 0. The Morgan fingerprint density at radius 1 is 1.36 bits per heavy atom. The van der Waals surface area contributed by atoms with Gasteiger partial charge in [-0.1, -0.05) is 0 Å². The van der Waals surface area contributed by atoms with Gasteiger partial charge in [-0.05, 0) is 32.9 Å². The molecule has 0 aromatic carbocycles. The highest BCUT2D eigenvalue weighted by Gasteiger charge is 2.35. The Morgan fingerprint density at radius 3 is 2.71 bits per heavy atom. The maximum atomic E-state index is 5.77. The quantitative estimate of drug-likeness (QED) is 0.692. The molecule has 1 saturated heterocycles. The molecule has 2 heterocycles. The van der Waals surface area contributed by atoms with E-state index in [1.54, 1.807) is 6.26 Å². The van der Waals surface area contributed by atoms with Crippen LogP contribution >= 0.6 is 0 Å². The summed E-state index contributed by atoms with van der Waals surface area (Å²) < 4.78 is 16.7. The van der Waals surface area contributed by atoms with Gasteiger partial charge in [-0.3, -0.25) is 0 Å². The van der Waals surface area contributed by atoms with Crippen LogP contribution in [-0.2, 0) is 9.47 Å². The third-order valence-corrected chi connectivity index (χ3v) is 2.32. The molecule has 2 rings (SSSR count). The molecule has 3 heteroatoms. The molecular weight excluding hydrogens is 180 g/mol. The highest BCUT2D eigenvalue weighted by Crippen LogP contribution is 2.35. The molecule has 1 aliphatic rings. The topological polar surface area (TPSA) is 31.6 Å². The molecule has 1 aliphatic heterocycles. The Labute approximate surface area is 84.0 Å². The Bertz CT molecular complexity index is 289. The van der Waals surface area contributed by atoms with E-state index in [9.17, 15) is 0 Å². The highest BCUT2D eigenvalue weighted by atomic mass is 16.7.